The first-order chi connectivity index (χ1) is 13.2. The highest BCUT2D eigenvalue weighted by Crippen LogP contribution is 2.52. The number of hydrogen-bond donors (Lipinski definition) is 1. The summed E-state index contributed by atoms with van der Waals surface area (Å²) in [4.78, 5) is 16.8. The summed E-state index contributed by atoms with van der Waals surface area (Å²) in [5.74, 6) is 0.864. The number of fused-ring (bicyclic) bond motifs is 4. The molecule has 2 atom stereocenters. The molecule has 0 aliphatic carbocycles. The lowest BCUT2D eigenvalue weighted by atomic mass is 9.60. The lowest BCUT2D eigenvalue weighted by molar-refractivity contribution is -0.0422. The van der Waals surface area contributed by atoms with Gasteiger partial charge in [-0.15, -0.1) is 0 Å². The van der Waals surface area contributed by atoms with Gasteiger partial charge in [-0.05, 0) is 55.0 Å². The second-order valence-electron chi connectivity index (χ2n) is 8.22. The Bertz CT molecular complexity index is 844. The highest BCUT2D eigenvalue weighted by Gasteiger charge is 2.56. The van der Waals surface area contributed by atoms with Gasteiger partial charge in [-0.3, -0.25) is 4.90 Å². The minimum atomic E-state index is -0.801. The summed E-state index contributed by atoms with van der Waals surface area (Å²) in [7, 11) is 0. The number of carbonyl (C=O) groups is 1. The quantitative estimate of drug-likeness (QED) is 0.883. The molecular formula is C23H26N2O2. The normalized spacial score (nSPS) is 32.1. The second-order valence-corrected chi connectivity index (χ2v) is 8.22. The van der Waals surface area contributed by atoms with Crippen LogP contribution in [0.25, 0.3) is 0 Å². The van der Waals surface area contributed by atoms with Gasteiger partial charge in [0.1, 0.15) is 5.54 Å². The SMILES string of the molecule is O=C(O)N1CCc2ccccc2[C@]1(c1ccccc1)[C@H]1CN2CCC1CC2. The van der Waals surface area contributed by atoms with Gasteiger partial charge >= 0.3 is 6.09 Å². The van der Waals surface area contributed by atoms with E-state index in [-0.39, 0.29) is 0 Å². The fraction of sp³-hybridized carbons (Fsp3) is 0.435. The van der Waals surface area contributed by atoms with E-state index in [2.05, 4.69) is 53.4 Å². The highest BCUT2D eigenvalue weighted by atomic mass is 16.4. The summed E-state index contributed by atoms with van der Waals surface area (Å²) in [6, 6.07) is 18.9. The van der Waals surface area contributed by atoms with Gasteiger partial charge in [0.25, 0.3) is 0 Å². The maximum Gasteiger partial charge on any atom is 0.408 e. The molecule has 4 aliphatic rings. The van der Waals surface area contributed by atoms with Gasteiger partial charge in [0.2, 0.25) is 0 Å². The van der Waals surface area contributed by atoms with Crippen LogP contribution in [-0.4, -0.2) is 47.2 Å². The predicted octanol–water partition coefficient (Wildman–Crippen LogP) is 3.81. The van der Waals surface area contributed by atoms with E-state index in [1.165, 1.54) is 24.0 Å². The Labute approximate surface area is 160 Å². The second kappa shape index (κ2) is 6.38. The molecular weight excluding hydrogens is 336 g/mol. The average Bonchev–Trinajstić information content (AvgIpc) is 2.74. The first-order valence-electron chi connectivity index (χ1n) is 10.1. The van der Waals surface area contributed by atoms with E-state index in [0.29, 0.717) is 18.4 Å². The van der Waals surface area contributed by atoms with E-state index in [1.54, 1.807) is 4.90 Å². The zero-order valence-electron chi connectivity index (χ0n) is 15.6. The fourth-order valence-corrected chi connectivity index (χ4v) is 5.97. The molecule has 2 aromatic carbocycles. The van der Waals surface area contributed by atoms with Crippen LogP contribution in [0.15, 0.2) is 54.6 Å². The largest absolute Gasteiger partial charge is 0.465 e. The highest BCUT2D eigenvalue weighted by molar-refractivity contribution is 5.70. The third kappa shape index (κ3) is 2.43. The van der Waals surface area contributed by atoms with Crippen molar-refractivity contribution < 1.29 is 9.90 Å². The molecule has 0 aromatic heterocycles. The molecule has 0 spiro atoms. The van der Waals surface area contributed by atoms with Crippen molar-refractivity contribution in [1.82, 2.24) is 9.80 Å². The van der Waals surface area contributed by atoms with E-state index in [9.17, 15) is 9.90 Å². The van der Waals surface area contributed by atoms with Crippen LogP contribution in [0.4, 0.5) is 4.79 Å². The van der Waals surface area contributed by atoms with Crippen LogP contribution in [-0.2, 0) is 12.0 Å². The summed E-state index contributed by atoms with van der Waals surface area (Å²) in [5.41, 5.74) is 3.03. The molecule has 2 bridgehead atoms. The molecule has 27 heavy (non-hydrogen) atoms. The Morgan fingerprint density at radius 3 is 2.33 bits per heavy atom. The Hall–Kier alpha value is -2.33. The van der Waals surface area contributed by atoms with E-state index in [1.807, 2.05) is 6.07 Å². The molecule has 4 heteroatoms. The zero-order valence-corrected chi connectivity index (χ0v) is 15.6. The van der Waals surface area contributed by atoms with Crippen molar-refractivity contribution in [3.63, 3.8) is 0 Å². The predicted molar refractivity (Wildman–Crippen MR) is 105 cm³/mol. The zero-order chi connectivity index (χ0) is 18.4. The van der Waals surface area contributed by atoms with Crippen molar-refractivity contribution in [3.8, 4) is 0 Å². The van der Waals surface area contributed by atoms with Crippen LogP contribution in [0.2, 0.25) is 0 Å². The minimum absolute atomic E-state index is 0.292. The Morgan fingerprint density at radius 2 is 1.67 bits per heavy atom. The van der Waals surface area contributed by atoms with Crippen LogP contribution in [0.1, 0.15) is 29.5 Å². The van der Waals surface area contributed by atoms with Crippen molar-refractivity contribution in [3.05, 3.63) is 71.3 Å². The maximum atomic E-state index is 12.5. The summed E-state index contributed by atoms with van der Waals surface area (Å²) < 4.78 is 0. The molecule has 0 radical (unpaired) electrons. The van der Waals surface area contributed by atoms with Crippen molar-refractivity contribution >= 4 is 6.09 Å². The van der Waals surface area contributed by atoms with Crippen LogP contribution >= 0.6 is 0 Å². The molecule has 6 rings (SSSR count). The third-order valence-electron chi connectivity index (χ3n) is 7.10. The molecule has 4 heterocycles. The van der Waals surface area contributed by atoms with Crippen molar-refractivity contribution in [2.45, 2.75) is 24.8 Å². The van der Waals surface area contributed by atoms with Gasteiger partial charge in [0.15, 0.2) is 0 Å². The maximum absolute atomic E-state index is 12.5. The number of hydrogen-bond acceptors (Lipinski definition) is 2. The summed E-state index contributed by atoms with van der Waals surface area (Å²) in [5, 5.41) is 10.3. The van der Waals surface area contributed by atoms with Gasteiger partial charge in [-0.1, -0.05) is 54.6 Å². The Morgan fingerprint density at radius 1 is 0.963 bits per heavy atom. The lowest BCUT2D eigenvalue weighted by Crippen LogP contribution is -2.64. The molecule has 3 saturated heterocycles. The summed E-state index contributed by atoms with van der Waals surface area (Å²) in [6.07, 6.45) is 2.34. The van der Waals surface area contributed by atoms with Gasteiger partial charge in [0, 0.05) is 19.0 Å². The van der Waals surface area contributed by atoms with Crippen LogP contribution in [0, 0.1) is 11.8 Å². The topological polar surface area (TPSA) is 43.8 Å². The number of carboxylic acid groups (broad SMARTS) is 1. The lowest BCUT2D eigenvalue weighted by Gasteiger charge is -2.58. The van der Waals surface area contributed by atoms with Gasteiger partial charge in [-0.25, -0.2) is 4.79 Å². The number of nitrogens with zero attached hydrogens (tertiary/aromatic N) is 2. The molecule has 0 unspecified atom stereocenters. The van der Waals surface area contributed by atoms with E-state index >= 15 is 0 Å². The molecule has 2 aromatic rings. The molecule has 4 aliphatic heterocycles. The molecule has 0 saturated carbocycles. The van der Waals surface area contributed by atoms with Crippen molar-refractivity contribution in [2.75, 3.05) is 26.2 Å². The first kappa shape index (κ1) is 16.8. The van der Waals surface area contributed by atoms with Crippen molar-refractivity contribution in [2.24, 2.45) is 11.8 Å². The number of amides is 1. The Balaban J connectivity index is 1.79. The molecule has 3 fully saturated rings. The minimum Gasteiger partial charge on any atom is -0.465 e. The van der Waals surface area contributed by atoms with Crippen LogP contribution in [0.3, 0.4) is 0 Å². The summed E-state index contributed by atoms with van der Waals surface area (Å²) >= 11 is 0. The smallest absolute Gasteiger partial charge is 0.408 e. The molecule has 4 nitrogen and oxygen atoms in total. The first-order valence-corrected chi connectivity index (χ1v) is 10.1. The molecule has 1 amide bonds. The number of benzene rings is 2. The average molecular weight is 362 g/mol. The van der Waals surface area contributed by atoms with Gasteiger partial charge < -0.3 is 10.0 Å². The standard InChI is InChI=1S/C23H26N2O2/c26-22(27)25-15-12-17-6-4-5-9-20(17)23(25,19-7-2-1-3-8-19)21-16-24-13-10-18(21)11-14-24/h1-9,18,21H,10-16H2,(H,26,27)/t21-,23+/m0/s1. The summed E-state index contributed by atoms with van der Waals surface area (Å²) in [6.45, 7) is 3.85. The molecule has 140 valence electrons. The monoisotopic (exact) mass is 362 g/mol. The van der Waals surface area contributed by atoms with E-state index in [0.717, 1.165) is 31.6 Å². The fourth-order valence-electron chi connectivity index (χ4n) is 5.97. The Kier molecular flexibility index (Phi) is 3.97. The number of piperidine rings is 3. The van der Waals surface area contributed by atoms with Crippen LogP contribution < -0.4 is 0 Å². The molecule has 1 N–H and O–H groups in total. The van der Waals surface area contributed by atoms with E-state index in [4.69, 9.17) is 0 Å². The van der Waals surface area contributed by atoms with E-state index < -0.39 is 11.6 Å². The van der Waals surface area contributed by atoms with Gasteiger partial charge in [0.05, 0.1) is 0 Å². The number of rotatable bonds is 2. The van der Waals surface area contributed by atoms with Crippen molar-refractivity contribution in [1.29, 1.82) is 0 Å². The third-order valence-corrected chi connectivity index (χ3v) is 7.10. The van der Waals surface area contributed by atoms with Gasteiger partial charge in [-0.2, -0.15) is 0 Å². The van der Waals surface area contributed by atoms with Crippen LogP contribution in [0.5, 0.6) is 0 Å².